The summed E-state index contributed by atoms with van der Waals surface area (Å²) in [5.74, 6) is 0.577. The summed E-state index contributed by atoms with van der Waals surface area (Å²) < 4.78 is 1.15. The maximum absolute atomic E-state index is 11.9. The zero-order chi connectivity index (χ0) is 11.5. The first kappa shape index (κ1) is 15.2. The van der Waals surface area contributed by atoms with Gasteiger partial charge in [-0.3, -0.25) is 4.79 Å². The summed E-state index contributed by atoms with van der Waals surface area (Å²) in [5, 5.41) is 8.37. The fourth-order valence-corrected chi connectivity index (χ4v) is 3.24. The van der Waals surface area contributed by atoms with Crippen molar-refractivity contribution < 1.29 is 4.79 Å². The van der Waals surface area contributed by atoms with Crippen LogP contribution in [0, 0.1) is 8.80 Å². The van der Waals surface area contributed by atoms with Gasteiger partial charge in [-0.2, -0.15) is 0 Å². The zero-order valence-electron chi connectivity index (χ0n) is 9.53. The average molecular weight is 387 g/mol. The summed E-state index contributed by atoms with van der Waals surface area (Å²) in [6, 6.07) is 2.25. The first-order valence-electron chi connectivity index (χ1n) is 5.42. The van der Waals surface area contributed by atoms with Crippen LogP contribution in [0.25, 0.3) is 0 Å². The third-order valence-corrected chi connectivity index (χ3v) is 4.72. The van der Waals surface area contributed by atoms with Gasteiger partial charge in [0.25, 0.3) is 5.91 Å². The summed E-state index contributed by atoms with van der Waals surface area (Å²) in [4.78, 5) is 11.9. The predicted octanol–water partition coefficient (Wildman–Crippen LogP) is 2.50. The third kappa shape index (κ3) is 4.08. The molecule has 1 aromatic heterocycles. The molecule has 1 saturated heterocycles. The third-order valence-electron chi connectivity index (χ3n) is 2.93. The first-order valence-corrected chi connectivity index (χ1v) is 7.38. The van der Waals surface area contributed by atoms with Crippen LogP contribution in [0.4, 0.5) is 0 Å². The van der Waals surface area contributed by atoms with Crippen molar-refractivity contribution >= 4 is 52.2 Å². The van der Waals surface area contributed by atoms with E-state index in [9.17, 15) is 4.79 Å². The molecule has 96 valence electrons. The summed E-state index contributed by atoms with van der Waals surface area (Å²) in [7, 11) is 0. The van der Waals surface area contributed by atoms with Crippen LogP contribution in [-0.4, -0.2) is 25.0 Å². The molecule has 2 heterocycles. The largest absolute Gasteiger partial charge is 0.349 e. The highest BCUT2D eigenvalue weighted by molar-refractivity contribution is 14.1. The minimum Gasteiger partial charge on any atom is -0.349 e. The molecule has 3 nitrogen and oxygen atoms in total. The van der Waals surface area contributed by atoms with Gasteiger partial charge in [-0.15, -0.1) is 23.7 Å². The zero-order valence-corrected chi connectivity index (χ0v) is 13.3. The highest BCUT2D eigenvalue weighted by atomic mass is 127. The van der Waals surface area contributed by atoms with Crippen LogP contribution >= 0.6 is 46.3 Å². The quantitative estimate of drug-likeness (QED) is 0.767. The first-order chi connectivity index (χ1) is 7.66. The van der Waals surface area contributed by atoms with Gasteiger partial charge in [0.15, 0.2) is 0 Å². The predicted molar refractivity (Wildman–Crippen MR) is 82.2 cm³/mol. The van der Waals surface area contributed by atoms with Crippen molar-refractivity contribution in [2.75, 3.05) is 13.1 Å². The molecule has 2 unspecified atom stereocenters. The number of carbonyl (C=O) groups is 1. The van der Waals surface area contributed by atoms with Gasteiger partial charge in [0, 0.05) is 11.4 Å². The van der Waals surface area contributed by atoms with E-state index in [0.29, 0.717) is 12.0 Å². The molecule has 0 spiro atoms. The number of halogens is 2. The SMILES string of the molecule is CC1CNCCC1NC(=O)c1csc(I)c1.Cl. The standard InChI is InChI=1S/C11H15IN2OS.ClH/c1-7-5-13-3-2-9(7)14-11(15)8-4-10(12)16-6-8;/h4,6-7,9,13H,2-3,5H2,1H3,(H,14,15);1H. The normalized spacial score (nSPS) is 23.9. The van der Waals surface area contributed by atoms with E-state index in [1.54, 1.807) is 11.3 Å². The molecule has 1 aromatic rings. The number of piperidine rings is 1. The number of amides is 1. The molecule has 0 bridgehead atoms. The Morgan fingerprint density at radius 2 is 2.41 bits per heavy atom. The van der Waals surface area contributed by atoms with Crippen molar-refractivity contribution in [2.45, 2.75) is 19.4 Å². The van der Waals surface area contributed by atoms with Crippen molar-refractivity contribution in [1.29, 1.82) is 0 Å². The van der Waals surface area contributed by atoms with E-state index in [2.05, 4.69) is 40.1 Å². The molecule has 1 aliphatic heterocycles. The van der Waals surface area contributed by atoms with E-state index >= 15 is 0 Å². The Labute approximate surface area is 125 Å². The van der Waals surface area contributed by atoms with Crippen LogP contribution in [0.2, 0.25) is 0 Å². The summed E-state index contributed by atoms with van der Waals surface area (Å²) >= 11 is 3.85. The molecule has 2 atom stereocenters. The van der Waals surface area contributed by atoms with E-state index in [1.165, 1.54) is 0 Å². The van der Waals surface area contributed by atoms with Crippen LogP contribution in [0.3, 0.4) is 0 Å². The molecule has 1 fully saturated rings. The Morgan fingerprint density at radius 1 is 1.65 bits per heavy atom. The van der Waals surface area contributed by atoms with Crippen molar-refractivity contribution in [1.82, 2.24) is 10.6 Å². The van der Waals surface area contributed by atoms with Crippen molar-refractivity contribution in [3.05, 3.63) is 19.9 Å². The number of nitrogens with one attached hydrogen (secondary N) is 2. The molecule has 0 aliphatic carbocycles. The molecule has 0 aromatic carbocycles. The van der Waals surface area contributed by atoms with Crippen LogP contribution in [0.5, 0.6) is 0 Å². The van der Waals surface area contributed by atoms with Crippen LogP contribution in [0.15, 0.2) is 11.4 Å². The fourth-order valence-electron chi connectivity index (χ4n) is 1.91. The molecule has 0 radical (unpaired) electrons. The summed E-state index contributed by atoms with van der Waals surface area (Å²) in [5.41, 5.74) is 0.792. The molecule has 2 N–H and O–H groups in total. The number of carbonyl (C=O) groups excluding carboxylic acids is 1. The molecular formula is C11H16ClIN2OS. The maximum atomic E-state index is 11.9. The molecule has 17 heavy (non-hydrogen) atoms. The van der Waals surface area contributed by atoms with Crippen molar-refractivity contribution in [3.63, 3.8) is 0 Å². The van der Waals surface area contributed by atoms with Crippen LogP contribution in [0.1, 0.15) is 23.7 Å². The number of rotatable bonds is 2. The second-order valence-corrected chi connectivity index (χ2v) is 6.99. The Morgan fingerprint density at radius 3 is 3.00 bits per heavy atom. The topological polar surface area (TPSA) is 41.1 Å². The molecule has 2 rings (SSSR count). The van der Waals surface area contributed by atoms with E-state index < -0.39 is 0 Å². The van der Waals surface area contributed by atoms with E-state index in [1.807, 2.05) is 11.4 Å². The van der Waals surface area contributed by atoms with Crippen LogP contribution < -0.4 is 10.6 Å². The molecule has 0 saturated carbocycles. The highest BCUT2D eigenvalue weighted by Crippen LogP contribution is 2.17. The van der Waals surface area contributed by atoms with Gasteiger partial charge < -0.3 is 10.6 Å². The molecule has 6 heteroatoms. The van der Waals surface area contributed by atoms with Gasteiger partial charge in [0.2, 0.25) is 0 Å². The van der Waals surface area contributed by atoms with E-state index in [4.69, 9.17) is 0 Å². The lowest BCUT2D eigenvalue weighted by atomic mass is 9.95. The van der Waals surface area contributed by atoms with Gasteiger partial charge in [-0.05, 0) is 54.1 Å². The van der Waals surface area contributed by atoms with E-state index in [-0.39, 0.29) is 18.3 Å². The lowest BCUT2D eigenvalue weighted by Crippen LogP contribution is -2.48. The molecule has 1 aliphatic rings. The van der Waals surface area contributed by atoms with Gasteiger partial charge in [0.1, 0.15) is 0 Å². The minimum absolute atomic E-state index is 0. The van der Waals surface area contributed by atoms with Gasteiger partial charge in [0.05, 0.1) is 8.45 Å². The Kier molecular flexibility index (Phi) is 6.19. The van der Waals surface area contributed by atoms with Crippen molar-refractivity contribution in [3.8, 4) is 0 Å². The van der Waals surface area contributed by atoms with Gasteiger partial charge >= 0.3 is 0 Å². The lowest BCUT2D eigenvalue weighted by molar-refractivity contribution is 0.0914. The Bertz CT molecular complexity index is 385. The van der Waals surface area contributed by atoms with Gasteiger partial charge in [-0.25, -0.2) is 0 Å². The second-order valence-electron chi connectivity index (χ2n) is 4.19. The average Bonchev–Trinajstić information content (AvgIpc) is 2.68. The van der Waals surface area contributed by atoms with Crippen molar-refractivity contribution in [2.24, 2.45) is 5.92 Å². The Balaban J connectivity index is 0.00000144. The van der Waals surface area contributed by atoms with E-state index in [0.717, 1.165) is 28.0 Å². The van der Waals surface area contributed by atoms with Crippen LogP contribution in [-0.2, 0) is 0 Å². The maximum Gasteiger partial charge on any atom is 0.252 e. The highest BCUT2D eigenvalue weighted by Gasteiger charge is 2.23. The minimum atomic E-state index is 0. The second kappa shape index (κ2) is 6.92. The smallest absolute Gasteiger partial charge is 0.252 e. The number of hydrogen-bond acceptors (Lipinski definition) is 3. The van der Waals surface area contributed by atoms with Gasteiger partial charge in [-0.1, -0.05) is 6.92 Å². The monoisotopic (exact) mass is 386 g/mol. The lowest BCUT2D eigenvalue weighted by Gasteiger charge is -2.30. The number of thiophene rings is 1. The summed E-state index contributed by atoms with van der Waals surface area (Å²) in [6.07, 6.45) is 1.02. The fraction of sp³-hybridized carbons (Fsp3) is 0.545. The number of hydrogen-bond donors (Lipinski definition) is 2. The molecular weight excluding hydrogens is 371 g/mol. The summed E-state index contributed by atoms with van der Waals surface area (Å²) in [6.45, 7) is 4.16. The molecule has 1 amide bonds. The Hall–Kier alpha value is 0.150.